The number of piperazine rings is 1. The molecular weight excluding hydrogens is 352 g/mol. The monoisotopic (exact) mass is 378 g/mol. The van der Waals surface area contributed by atoms with Gasteiger partial charge in [-0.15, -0.1) is 11.3 Å². The summed E-state index contributed by atoms with van der Waals surface area (Å²) in [4.78, 5) is 5.32. The summed E-state index contributed by atoms with van der Waals surface area (Å²) < 4.78 is 6.29. The number of hydrogen-bond donors (Lipinski definition) is 1. The summed E-state index contributed by atoms with van der Waals surface area (Å²) >= 11 is 1.89. The van der Waals surface area contributed by atoms with Gasteiger partial charge in [0.2, 0.25) is 0 Å². The van der Waals surface area contributed by atoms with Gasteiger partial charge in [-0.3, -0.25) is 4.90 Å². The smallest absolute Gasteiger partial charge is 0.124 e. The lowest BCUT2D eigenvalue weighted by atomic mass is 10.0. The Morgan fingerprint density at radius 2 is 1.70 bits per heavy atom. The average molecular weight is 379 g/mol. The van der Waals surface area contributed by atoms with Crippen molar-refractivity contribution in [3.8, 4) is 5.75 Å². The van der Waals surface area contributed by atoms with Crippen LogP contribution >= 0.6 is 11.3 Å². The number of ether oxygens (including phenoxy) is 1. The Kier molecular flexibility index (Phi) is 5.87. The minimum Gasteiger partial charge on any atom is -0.489 e. The van der Waals surface area contributed by atoms with Crippen LogP contribution in [0.1, 0.15) is 26.9 Å². The molecule has 4 rings (SSSR count). The van der Waals surface area contributed by atoms with Crippen LogP contribution in [0.2, 0.25) is 0 Å². The molecule has 0 saturated carbocycles. The van der Waals surface area contributed by atoms with Crippen LogP contribution in [-0.4, -0.2) is 31.1 Å². The molecule has 1 aliphatic heterocycles. The number of aryl methyl sites for hydroxylation is 1. The van der Waals surface area contributed by atoms with Crippen molar-refractivity contribution in [2.75, 3.05) is 26.2 Å². The summed E-state index contributed by atoms with van der Waals surface area (Å²) in [5.74, 6) is 0.982. The van der Waals surface area contributed by atoms with E-state index < -0.39 is 0 Å². The summed E-state index contributed by atoms with van der Waals surface area (Å²) in [5.41, 5.74) is 2.45. The molecule has 27 heavy (non-hydrogen) atoms. The lowest BCUT2D eigenvalue weighted by Gasteiger charge is -2.35. The Morgan fingerprint density at radius 1 is 0.963 bits per heavy atom. The number of para-hydroxylation sites is 1. The third kappa shape index (κ3) is 4.41. The van der Waals surface area contributed by atoms with E-state index in [9.17, 15) is 0 Å². The van der Waals surface area contributed by atoms with Crippen LogP contribution in [0.5, 0.6) is 5.75 Å². The van der Waals surface area contributed by atoms with E-state index in [1.807, 2.05) is 17.4 Å². The second-order valence-electron chi connectivity index (χ2n) is 6.95. The van der Waals surface area contributed by atoms with Crippen molar-refractivity contribution in [2.45, 2.75) is 19.6 Å². The molecule has 0 bridgehead atoms. The second-order valence-corrected chi connectivity index (χ2v) is 8.27. The maximum atomic E-state index is 6.29. The van der Waals surface area contributed by atoms with E-state index in [0.29, 0.717) is 6.61 Å². The van der Waals surface area contributed by atoms with Crippen LogP contribution in [0.15, 0.2) is 66.7 Å². The topological polar surface area (TPSA) is 24.5 Å². The highest BCUT2D eigenvalue weighted by Crippen LogP contribution is 2.38. The number of rotatable bonds is 6. The quantitative estimate of drug-likeness (QED) is 0.677. The lowest BCUT2D eigenvalue weighted by molar-refractivity contribution is 0.195. The third-order valence-electron chi connectivity index (χ3n) is 5.00. The lowest BCUT2D eigenvalue weighted by Crippen LogP contribution is -2.45. The summed E-state index contributed by atoms with van der Waals surface area (Å²) in [6, 6.07) is 23.6. The fourth-order valence-corrected chi connectivity index (χ4v) is 4.68. The molecule has 2 aromatic carbocycles. The highest BCUT2D eigenvalue weighted by atomic mass is 32.1. The first-order valence-corrected chi connectivity index (χ1v) is 10.4. The number of benzene rings is 2. The normalized spacial score (nSPS) is 16.2. The van der Waals surface area contributed by atoms with Gasteiger partial charge in [0.1, 0.15) is 12.4 Å². The van der Waals surface area contributed by atoms with Gasteiger partial charge in [0.05, 0.1) is 6.04 Å². The van der Waals surface area contributed by atoms with Crippen molar-refractivity contribution < 1.29 is 4.74 Å². The zero-order chi connectivity index (χ0) is 18.5. The van der Waals surface area contributed by atoms with Crippen molar-refractivity contribution in [3.63, 3.8) is 0 Å². The van der Waals surface area contributed by atoms with Crippen molar-refractivity contribution in [1.29, 1.82) is 0 Å². The van der Waals surface area contributed by atoms with Crippen molar-refractivity contribution in [2.24, 2.45) is 0 Å². The molecule has 1 N–H and O–H groups in total. The highest BCUT2D eigenvalue weighted by molar-refractivity contribution is 7.12. The van der Waals surface area contributed by atoms with E-state index >= 15 is 0 Å². The van der Waals surface area contributed by atoms with Crippen LogP contribution in [-0.2, 0) is 6.61 Å². The molecule has 3 nitrogen and oxygen atoms in total. The molecule has 0 spiro atoms. The molecule has 0 radical (unpaired) electrons. The van der Waals surface area contributed by atoms with E-state index in [2.05, 4.69) is 77.8 Å². The van der Waals surface area contributed by atoms with Gasteiger partial charge in [0, 0.05) is 41.5 Å². The van der Waals surface area contributed by atoms with Crippen molar-refractivity contribution in [1.82, 2.24) is 10.2 Å². The average Bonchev–Trinajstić information content (AvgIpc) is 3.15. The fourth-order valence-electron chi connectivity index (χ4n) is 3.64. The maximum absolute atomic E-state index is 6.29. The van der Waals surface area contributed by atoms with Gasteiger partial charge in [0.25, 0.3) is 0 Å². The molecule has 1 fully saturated rings. The van der Waals surface area contributed by atoms with E-state index in [1.165, 1.54) is 20.9 Å². The molecule has 1 aromatic heterocycles. The zero-order valence-corrected chi connectivity index (χ0v) is 16.5. The first kappa shape index (κ1) is 18.2. The van der Waals surface area contributed by atoms with Gasteiger partial charge in [-0.1, -0.05) is 48.5 Å². The van der Waals surface area contributed by atoms with Crippen molar-refractivity contribution in [3.05, 3.63) is 87.6 Å². The Hall–Kier alpha value is -2.14. The highest BCUT2D eigenvalue weighted by Gasteiger charge is 2.27. The van der Waals surface area contributed by atoms with Gasteiger partial charge < -0.3 is 10.1 Å². The van der Waals surface area contributed by atoms with E-state index in [1.54, 1.807) is 0 Å². The van der Waals surface area contributed by atoms with Gasteiger partial charge in [-0.25, -0.2) is 0 Å². The summed E-state index contributed by atoms with van der Waals surface area (Å²) in [6.45, 7) is 6.95. The van der Waals surface area contributed by atoms with E-state index in [4.69, 9.17) is 4.74 Å². The number of nitrogens with zero attached hydrogens (tertiary/aromatic N) is 1. The van der Waals surface area contributed by atoms with Crippen LogP contribution in [0.25, 0.3) is 0 Å². The Balaban J connectivity index is 1.65. The van der Waals surface area contributed by atoms with E-state index in [0.717, 1.165) is 31.9 Å². The molecule has 0 amide bonds. The third-order valence-corrected chi connectivity index (χ3v) is 6.05. The van der Waals surface area contributed by atoms with E-state index in [-0.39, 0.29) is 6.04 Å². The predicted octanol–water partition coefficient (Wildman–Crippen LogP) is 4.63. The molecule has 0 aliphatic carbocycles. The number of nitrogens with one attached hydrogen (secondary N) is 1. The molecule has 1 unspecified atom stereocenters. The van der Waals surface area contributed by atoms with Gasteiger partial charge in [0.15, 0.2) is 0 Å². The SMILES string of the molecule is Cc1ccc(C(c2ccccc2OCc2ccccc2)N2CCNCC2)s1. The largest absolute Gasteiger partial charge is 0.489 e. The van der Waals surface area contributed by atoms with Gasteiger partial charge >= 0.3 is 0 Å². The minimum atomic E-state index is 0.248. The van der Waals surface area contributed by atoms with Crippen molar-refractivity contribution >= 4 is 11.3 Å². The second kappa shape index (κ2) is 8.70. The standard InChI is InChI=1S/C23H26N2OS/c1-18-11-12-22(27-18)23(25-15-13-24-14-16-25)20-9-5-6-10-21(20)26-17-19-7-3-2-4-8-19/h2-12,23-24H,13-17H2,1H3. The first-order chi connectivity index (χ1) is 13.3. The predicted molar refractivity (Wildman–Crippen MR) is 113 cm³/mol. The molecule has 1 atom stereocenters. The molecule has 140 valence electrons. The van der Waals surface area contributed by atoms with Crippen LogP contribution in [0, 0.1) is 6.92 Å². The summed E-state index contributed by atoms with van der Waals surface area (Å²) in [6.07, 6.45) is 0. The number of hydrogen-bond acceptors (Lipinski definition) is 4. The molecular formula is C23H26N2OS. The fraction of sp³-hybridized carbons (Fsp3) is 0.304. The van der Waals surface area contributed by atoms with Crippen LogP contribution in [0.3, 0.4) is 0 Å². The molecule has 4 heteroatoms. The van der Waals surface area contributed by atoms with Gasteiger partial charge in [-0.05, 0) is 30.7 Å². The summed E-state index contributed by atoms with van der Waals surface area (Å²) in [7, 11) is 0. The molecule has 2 heterocycles. The minimum absolute atomic E-state index is 0.248. The molecule has 3 aromatic rings. The molecule has 1 aliphatic rings. The Bertz CT molecular complexity index is 856. The zero-order valence-electron chi connectivity index (χ0n) is 15.7. The summed E-state index contributed by atoms with van der Waals surface area (Å²) in [5, 5.41) is 3.47. The Labute approximate surface area is 165 Å². The number of thiophene rings is 1. The first-order valence-electron chi connectivity index (χ1n) is 9.58. The molecule has 1 saturated heterocycles. The van der Waals surface area contributed by atoms with Gasteiger partial charge in [-0.2, -0.15) is 0 Å². The Morgan fingerprint density at radius 3 is 2.44 bits per heavy atom. The van der Waals surface area contributed by atoms with Crippen LogP contribution < -0.4 is 10.1 Å². The maximum Gasteiger partial charge on any atom is 0.124 e. The van der Waals surface area contributed by atoms with Crippen LogP contribution in [0.4, 0.5) is 0 Å².